The SMILES string of the molecule is Cc1nc(N2CC[C@]3(CCCN(C)C3=O)C2)c2c(C)nn(C)c2n1. The number of nitrogens with zero attached hydrogens (tertiary/aromatic N) is 6. The fourth-order valence-corrected chi connectivity index (χ4v) is 4.35. The molecule has 7 heteroatoms. The number of hydrogen-bond acceptors (Lipinski definition) is 5. The normalized spacial score (nSPS) is 24.6. The maximum Gasteiger partial charge on any atom is 0.230 e. The van der Waals surface area contributed by atoms with Crippen LogP contribution in [0.25, 0.3) is 11.0 Å². The molecule has 0 aliphatic carbocycles. The molecular weight excluding hydrogens is 304 g/mol. The molecule has 1 spiro atoms. The Balaban J connectivity index is 1.76. The number of aryl methyl sites for hydroxylation is 3. The first-order valence-corrected chi connectivity index (χ1v) is 8.60. The molecule has 4 heterocycles. The van der Waals surface area contributed by atoms with E-state index in [1.807, 2.05) is 37.5 Å². The summed E-state index contributed by atoms with van der Waals surface area (Å²) in [5, 5.41) is 5.52. The lowest BCUT2D eigenvalue weighted by molar-refractivity contribution is -0.143. The topological polar surface area (TPSA) is 67.2 Å². The van der Waals surface area contributed by atoms with Crippen molar-refractivity contribution in [2.24, 2.45) is 12.5 Å². The Morgan fingerprint density at radius 1 is 1.08 bits per heavy atom. The molecule has 24 heavy (non-hydrogen) atoms. The summed E-state index contributed by atoms with van der Waals surface area (Å²) in [6, 6.07) is 0. The Labute approximate surface area is 141 Å². The van der Waals surface area contributed by atoms with Crippen LogP contribution in [0.15, 0.2) is 0 Å². The summed E-state index contributed by atoms with van der Waals surface area (Å²) >= 11 is 0. The quantitative estimate of drug-likeness (QED) is 0.792. The van der Waals surface area contributed by atoms with Gasteiger partial charge in [-0.1, -0.05) is 0 Å². The molecule has 7 nitrogen and oxygen atoms in total. The lowest BCUT2D eigenvalue weighted by Gasteiger charge is -2.37. The first kappa shape index (κ1) is 15.4. The van der Waals surface area contributed by atoms with E-state index in [2.05, 4.69) is 15.0 Å². The minimum absolute atomic E-state index is 0.242. The Kier molecular flexibility index (Phi) is 3.30. The first-order chi connectivity index (χ1) is 11.4. The smallest absolute Gasteiger partial charge is 0.230 e. The van der Waals surface area contributed by atoms with Crippen LogP contribution in [0, 0.1) is 19.3 Å². The Bertz CT molecular complexity index is 828. The second kappa shape index (κ2) is 5.16. The maximum atomic E-state index is 12.8. The van der Waals surface area contributed by atoms with E-state index in [1.54, 1.807) is 0 Å². The Hall–Kier alpha value is -2.18. The molecule has 0 aromatic carbocycles. The van der Waals surface area contributed by atoms with Crippen LogP contribution in [0.5, 0.6) is 0 Å². The number of carbonyl (C=O) groups excluding carboxylic acids is 1. The van der Waals surface area contributed by atoms with E-state index in [4.69, 9.17) is 4.98 Å². The predicted molar refractivity (Wildman–Crippen MR) is 91.9 cm³/mol. The average Bonchev–Trinajstić information content (AvgIpc) is 3.08. The van der Waals surface area contributed by atoms with Gasteiger partial charge in [0, 0.05) is 33.7 Å². The van der Waals surface area contributed by atoms with Crippen molar-refractivity contribution in [2.45, 2.75) is 33.1 Å². The molecule has 128 valence electrons. The van der Waals surface area contributed by atoms with E-state index in [-0.39, 0.29) is 5.41 Å². The van der Waals surface area contributed by atoms with Crippen LogP contribution < -0.4 is 4.90 Å². The van der Waals surface area contributed by atoms with Gasteiger partial charge in [0.25, 0.3) is 0 Å². The highest BCUT2D eigenvalue weighted by atomic mass is 16.2. The van der Waals surface area contributed by atoms with Crippen molar-refractivity contribution < 1.29 is 4.79 Å². The van der Waals surface area contributed by atoms with E-state index in [1.165, 1.54) is 0 Å². The van der Waals surface area contributed by atoms with Crippen LogP contribution in [0.3, 0.4) is 0 Å². The zero-order chi connectivity index (χ0) is 17.1. The number of carbonyl (C=O) groups is 1. The summed E-state index contributed by atoms with van der Waals surface area (Å²) in [6.07, 6.45) is 2.96. The van der Waals surface area contributed by atoms with E-state index >= 15 is 0 Å². The van der Waals surface area contributed by atoms with Crippen LogP contribution in [0.2, 0.25) is 0 Å². The summed E-state index contributed by atoms with van der Waals surface area (Å²) < 4.78 is 1.81. The summed E-state index contributed by atoms with van der Waals surface area (Å²) in [5.41, 5.74) is 1.56. The highest BCUT2D eigenvalue weighted by molar-refractivity contribution is 5.91. The molecule has 0 bridgehead atoms. The largest absolute Gasteiger partial charge is 0.355 e. The van der Waals surface area contributed by atoms with Crippen molar-refractivity contribution in [3.63, 3.8) is 0 Å². The zero-order valence-electron chi connectivity index (χ0n) is 14.8. The summed E-state index contributed by atoms with van der Waals surface area (Å²) in [5.74, 6) is 1.97. The van der Waals surface area contributed by atoms with Crippen LogP contribution in [-0.2, 0) is 11.8 Å². The van der Waals surface area contributed by atoms with Gasteiger partial charge in [0.05, 0.1) is 16.5 Å². The maximum absolute atomic E-state index is 12.8. The number of amides is 1. The highest BCUT2D eigenvalue weighted by Crippen LogP contribution is 2.42. The first-order valence-electron chi connectivity index (χ1n) is 8.60. The molecule has 0 saturated carbocycles. The summed E-state index contributed by atoms with van der Waals surface area (Å²) in [6.45, 7) is 6.39. The van der Waals surface area contributed by atoms with Gasteiger partial charge < -0.3 is 9.80 Å². The van der Waals surface area contributed by atoms with Crippen LogP contribution in [0.4, 0.5) is 5.82 Å². The predicted octanol–water partition coefficient (Wildman–Crippen LogP) is 1.43. The third-order valence-corrected chi connectivity index (χ3v) is 5.55. The van der Waals surface area contributed by atoms with Crippen molar-refractivity contribution in [1.29, 1.82) is 0 Å². The number of aromatic nitrogens is 4. The third kappa shape index (κ3) is 2.10. The van der Waals surface area contributed by atoms with Crippen LogP contribution in [-0.4, -0.2) is 57.2 Å². The summed E-state index contributed by atoms with van der Waals surface area (Å²) in [4.78, 5) is 26.2. The van der Waals surface area contributed by atoms with Gasteiger partial charge in [-0.05, 0) is 33.1 Å². The van der Waals surface area contributed by atoms with Gasteiger partial charge in [-0.2, -0.15) is 5.10 Å². The number of likely N-dealkylation sites (tertiary alicyclic amines) is 1. The van der Waals surface area contributed by atoms with Crippen LogP contribution >= 0.6 is 0 Å². The molecule has 0 radical (unpaired) electrons. The summed E-state index contributed by atoms with van der Waals surface area (Å²) in [7, 11) is 3.83. The van der Waals surface area contributed by atoms with Gasteiger partial charge in [0.2, 0.25) is 5.91 Å². The number of fused-ring (bicyclic) bond motifs is 1. The lowest BCUT2D eigenvalue weighted by Crippen LogP contribution is -2.48. The monoisotopic (exact) mass is 328 g/mol. The molecule has 4 rings (SSSR count). The fourth-order valence-electron chi connectivity index (χ4n) is 4.35. The van der Waals surface area contributed by atoms with Gasteiger partial charge in [-0.15, -0.1) is 0 Å². The van der Waals surface area contributed by atoms with Gasteiger partial charge in [0.1, 0.15) is 11.6 Å². The van der Waals surface area contributed by atoms with Crippen LogP contribution in [0.1, 0.15) is 30.8 Å². The molecule has 2 aliphatic heterocycles. The molecule has 0 N–H and O–H groups in total. The number of rotatable bonds is 1. The van der Waals surface area contributed by atoms with Gasteiger partial charge in [-0.3, -0.25) is 9.48 Å². The third-order valence-electron chi connectivity index (χ3n) is 5.55. The number of piperidine rings is 1. The number of hydrogen-bond donors (Lipinski definition) is 0. The fraction of sp³-hybridized carbons (Fsp3) is 0.647. The standard InChI is InChI=1S/C17H24N6O/c1-11-13-14(22(4)20-11)18-12(2)19-15(13)23-9-7-17(10-23)6-5-8-21(3)16(17)24/h5-10H2,1-4H3/t17-/m1/s1. The van der Waals surface area contributed by atoms with Gasteiger partial charge in [-0.25, -0.2) is 9.97 Å². The van der Waals surface area contributed by atoms with E-state index in [0.29, 0.717) is 5.91 Å². The molecule has 1 amide bonds. The average molecular weight is 328 g/mol. The minimum Gasteiger partial charge on any atom is -0.355 e. The molecular formula is C17H24N6O. The second-order valence-electron chi connectivity index (χ2n) is 7.28. The van der Waals surface area contributed by atoms with Crippen molar-refractivity contribution in [1.82, 2.24) is 24.6 Å². The van der Waals surface area contributed by atoms with Gasteiger partial charge in [0.15, 0.2) is 5.65 Å². The molecule has 1 atom stereocenters. The molecule has 2 saturated heterocycles. The molecule has 2 aromatic rings. The molecule has 2 fully saturated rings. The zero-order valence-corrected chi connectivity index (χ0v) is 14.8. The highest BCUT2D eigenvalue weighted by Gasteiger charge is 2.48. The van der Waals surface area contributed by atoms with Gasteiger partial charge >= 0.3 is 0 Å². The van der Waals surface area contributed by atoms with Crippen molar-refractivity contribution in [3.8, 4) is 0 Å². The second-order valence-corrected chi connectivity index (χ2v) is 7.28. The van der Waals surface area contributed by atoms with Crippen molar-refractivity contribution in [3.05, 3.63) is 11.5 Å². The minimum atomic E-state index is -0.242. The molecule has 2 aromatic heterocycles. The Morgan fingerprint density at radius 3 is 2.67 bits per heavy atom. The number of anilines is 1. The van der Waals surface area contributed by atoms with Crippen molar-refractivity contribution >= 4 is 22.8 Å². The lowest BCUT2D eigenvalue weighted by atomic mass is 9.78. The Morgan fingerprint density at radius 2 is 1.88 bits per heavy atom. The van der Waals surface area contributed by atoms with E-state index in [9.17, 15) is 4.79 Å². The van der Waals surface area contributed by atoms with E-state index in [0.717, 1.165) is 67.3 Å². The molecule has 0 unspecified atom stereocenters. The molecule has 2 aliphatic rings. The van der Waals surface area contributed by atoms with E-state index < -0.39 is 0 Å². The van der Waals surface area contributed by atoms with Crippen molar-refractivity contribution in [2.75, 3.05) is 31.6 Å².